The van der Waals surface area contributed by atoms with Gasteiger partial charge in [0.1, 0.15) is 0 Å². The summed E-state index contributed by atoms with van der Waals surface area (Å²) in [5.41, 5.74) is 10.3. The number of benzene rings is 1. The van der Waals surface area contributed by atoms with Crippen LogP contribution in [0.1, 0.15) is 30.4 Å². The standard InChI is InChI=1S/C13H16F3N3/c14-13(15,16)10-4-1-3-9(7-10)12(5-2-6-12)8-19-11(17)18/h1,3-4,7H,2,5-6,8H2,(H4,17,18,19). The number of aliphatic imine (C=N–C) groups is 1. The van der Waals surface area contributed by atoms with E-state index in [9.17, 15) is 13.2 Å². The second-order valence-corrected chi connectivity index (χ2v) is 4.95. The quantitative estimate of drug-likeness (QED) is 0.655. The summed E-state index contributed by atoms with van der Waals surface area (Å²) in [5.74, 6) is -0.0294. The minimum absolute atomic E-state index is 0.0294. The summed E-state index contributed by atoms with van der Waals surface area (Å²) in [6.07, 6.45) is -1.72. The lowest BCUT2D eigenvalue weighted by Gasteiger charge is -2.41. The number of hydrogen-bond acceptors (Lipinski definition) is 1. The summed E-state index contributed by atoms with van der Waals surface area (Å²) >= 11 is 0. The van der Waals surface area contributed by atoms with Gasteiger partial charge in [-0.2, -0.15) is 13.2 Å². The highest BCUT2D eigenvalue weighted by molar-refractivity contribution is 5.75. The number of alkyl halides is 3. The van der Waals surface area contributed by atoms with E-state index < -0.39 is 11.7 Å². The van der Waals surface area contributed by atoms with Crippen molar-refractivity contribution in [3.8, 4) is 0 Å². The van der Waals surface area contributed by atoms with Gasteiger partial charge in [-0.15, -0.1) is 0 Å². The van der Waals surface area contributed by atoms with Gasteiger partial charge in [0, 0.05) is 5.41 Å². The summed E-state index contributed by atoms with van der Waals surface area (Å²) < 4.78 is 38.2. The van der Waals surface area contributed by atoms with E-state index >= 15 is 0 Å². The van der Waals surface area contributed by atoms with Crippen LogP contribution in [0.2, 0.25) is 0 Å². The third kappa shape index (κ3) is 2.83. The summed E-state index contributed by atoms with van der Waals surface area (Å²) in [4.78, 5) is 3.98. The maximum Gasteiger partial charge on any atom is 0.416 e. The van der Waals surface area contributed by atoms with Crippen LogP contribution in [0.15, 0.2) is 29.3 Å². The molecule has 1 fully saturated rings. The molecular formula is C13H16F3N3. The first kappa shape index (κ1) is 13.7. The highest BCUT2D eigenvalue weighted by Crippen LogP contribution is 2.45. The van der Waals surface area contributed by atoms with Crippen LogP contribution in [-0.2, 0) is 11.6 Å². The predicted octanol–water partition coefficient (Wildman–Crippen LogP) is 2.40. The Morgan fingerprint density at radius 3 is 2.42 bits per heavy atom. The molecule has 6 heteroatoms. The molecule has 0 unspecified atom stereocenters. The molecule has 1 saturated carbocycles. The van der Waals surface area contributed by atoms with Gasteiger partial charge in [-0.25, -0.2) is 0 Å². The SMILES string of the molecule is NC(N)=NCC1(c2cccc(C(F)(F)F)c2)CCC1. The number of nitrogens with two attached hydrogens (primary N) is 2. The molecule has 3 nitrogen and oxygen atoms in total. The van der Waals surface area contributed by atoms with Gasteiger partial charge in [0.2, 0.25) is 0 Å². The van der Waals surface area contributed by atoms with Crippen LogP contribution in [0.3, 0.4) is 0 Å². The first-order chi connectivity index (χ1) is 8.83. The molecule has 104 valence electrons. The van der Waals surface area contributed by atoms with E-state index in [1.807, 2.05) is 0 Å². The molecule has 0 aliphatic heterocycles. The molecule has 0 saturated heterocycles. The van der Waals surface area contributed by atoms with Crippen molar-refractivity contribution in [3.05, 3.63) is 35.4 Å². The summed E-state index contributed by atoms with van der Waals surface area (Å²) in [7, 11) is 0. The number of halogens is 3. The van der Waals surface area contributed by atoms with Crippen molar-refractivity contribution < 1.29 is 13.2 Å². The van der Waals surface area contributed by atoms with E-state index in [4.69, 9.17) is 11.5 Å². The fourth-order valence-electron chi connectivity index (χ4n) is 2.41. The van der Waals surface area contributed by atoms with Crippen molar-refractivity contribution in [1.82, 2.24) is 0 Å². The summed E-state index contributed by atoms with van der Waals surface area (Å²) in [6, 6.07) is 5.45. The Morgan fingerprint density at radius 1 is 1.26 bits per heavy atom. The second kappa shape index (κ2) is 4.75. The average molecular weight is 271 g/mol. The van der Waals surface area contributed by atoms with Crippen molar-refractivity contribution in [2.75, 3.05) is 6.54 Å². The zero-order chi connectivity index (χ0) is 14.1. The lowest BCUT2D eigenvalue weighted by molar-refractivity contribution is -0.137. The molecule has 0 heterocycles. The maximum atomic E-state index is 12.7. The minimum Gasteiger partial charge on any atom is -0.370 e. The molecule has 1 aliphatic rings. The van der Waals surface area contributed by atoms with Crippen LogP contribution in [0.5, 0.6) is 0 Å². The van der Waals surface area contributed by atoms with Gasteiger partial charge in [0.25, 0.3) is 0 Å². The molecule has 0 atom stereocenters. The number of nitrogens with zero attached hydrogens (tertiary/aromatic N) is 1. The topological polar surface area (TPSA) is 64.4 Å². The molecule has 1 aromatic carbocycles. The molecule has 0 radical (unpaired) electrons. The lowest BCUT2D eigenvalue weighted by atomic mass is 9.64. The van der Waals surface area contributed by atoms with E-state index in [0.29, 0.717) is 12.1 Å². The van der Waals surface area contributed by atoms with E-state index in [1.54, 1.807) is 6.07 Å². The van der Waals surface area contributed by atoms with Crippen LogP contribution in [-0.4, -0.2) is 12.5 Å². The van der Waals surface area contributed by atoms with Gasteiger partial charge in [-0.1, -0.05) is 24.6 Å². The van der Waals surface area contributed by atoms with Crippen molar-refractivity contribution in [1.29, 1.82) is 0 Å². The molecule has 0 spiro atoms. The van der Waals surface area contributed by atoms with Gasteiger partial charge in [0.05, 0.1) is 12.1 Å². The van der Waals surface area contributed by atoms with E-state index in [0.717, 1.165) is 25.3 Å². The molecule has 0 amide bonds. The molecule has 0 bridgehead atoms. The van der Waals surface area contributed by atoms with Gasteiger partial charge in [-0.3, -0.25) is 4.99 Å². The Kier molecular flexibility index (Phi) is 3.43. The average Bonchev–Trinajstić information content (AvgIpc) is 2.26. The zero-order valence-electron chi connectivity index (χ0n) is 10.4. The molecule has 1 aliphatic carbocycles. The Bertz CT molecular complexity index is 486. The Balaban J connectivity index is 2.31. The highest BCUT2D eigenvalue weighted by atomic mass is 19.4. The van der Waals surface area contributed by atoms with Crippen molar-refractivity contribution in [3.63, 3.8) is 0 Å². The first-order valence-electron chi connectivity index (χ1n) is 6.07. The van der Waals surface area contributed by atoms with Crippen molar-refractivity contribution >= 4 is 5.96 Å². The fraction of sp³-hybridized carbons (Fsp3) is 0.462. The Labute approximate surface area is 109 Å². The highest BCUT2D eigenvalue weighted by Gasteiger charge is 2.40. The number of rotatable bonds is 3. The third-order valence-corrected chi connectivity index (χ3v) is 3.68. The van der Waals surface area contributed by atoms with Crippen molar-refractivity contribution in [2.45, 2.75) is 30.9 Å². The normalized spacial score (nSPS) is 17.6. The maximum absolute atomic E-state index is 12.7. The van der Waals surface area contributed by atoms with E-state index in [1.165, 1.54) is 12.1 Å². The Hall–Kier alpha value is -1.72. The Morgan fingerprint density at radius 2 is 1.95 bits per heavy atom. The molecular weight excluding hydrogens is 255 g/mol. The van der Waals surface area contributed by atoms with E-state index in [2.05, 4.69) is 4.99 Å². The smallest absolute Gasteiger partial charge is 0.370 e. The molecule has 2 rings (SSSR count). The number of guanidine groups is 1. The predicted molar refractivity (Wildman–Crippen MR) is 67.6 cm³/mol. The van der Waals surface area contributed by atoms with E-state index in [-0.39, 0.29) is 11.4 Å². The third-order valence-electron chi connectivity index (χ3n) is 3.68. The molecule has 19 heavy (non-hydrogen) atoms. The van der Waals surface area contributed by atoms with Crippen LogP contribution >= 0.6 is 0 Å². The van der Waals surface area contributed by atoms with Crippen LogP contribution in [0.4, 0.5) is 13.2 Å². The van der Waals surface area contributed by atoms with Gasteiger partial charge >= 0.3 is 6.18 Å². The monoisotopic (exact) mass is 271 g/mol. The van der Waals surface area contributed by atoms with Crippen LogP contribution in [0.25, 0.3) is 0 Å². The minimum atomic E-state index is -4.32. The second-order valence-electron chi connectivity index (χ2n) is 4.95. The number of hydrogen-bond donors (Lipinski definition) is 2. The van der Waals surface area contributed by atoms with Crippen LogP contribution in [0, 0.1) is 0 Å². The molecule has 0 aromatic heterocycles. The van der Waals surface area contributed by atoms with Gasteiger partial charge < -0.3 is 11.5 Å². The van der Waals surface area contributed by atoms with Crippen LogP contribution < -0.4 is 11.5 Å². The first-order valence-corrected chi connectivity index (χ1v) is 6.07. The summed E-state index contributed by atoms with van der Waals surface area (Å²) in [5, 5.41) is 0. The fourth-order valence-corrected chi connectivity index (χ4v) is 2.41. The zero-order valence-corrected chi connectivity index (χ0v) is 10.4. The molecule has 1 aromatic rings. The van der Waals surface area contributed by atoms with Gasteiger partial charge in [-0.05, 0) is 24.5 Å². The largest absolute Gasteiger partial charge is 0.416 e. The summed E-state index contributed by atoms with van der Waals surface area (Å²) in [6.45, 7) is 0.344. The van der Waals surface area contributed by atoms with Gasteiger partial charge in [0.15, 0.2) is 5.96 Å². The lowest BCUT2D eigenvalue weighted by Crippen LogP contribution is -2.39. The molecule has 4 N–H and O–H groups in total. The van der Waals surface area contributed by atoms with Crippen molar-refractivity contribution in [2.24, 2.45) is 16.5 Å².